The van der Waals surface area contributed by atoms with Gasteiger partial charge in [-0.2, -0.15) is 13.2 Å². The monoisotopic (exact) mass is 400 g/mol. The smallest absolute Gasteiger partial charge is 0.416 e. The van der Waals surface area contributed by atoms with Crippen LogP contribution in [0.3, 0.4) is 0 Å². The third-order valence-electron chi connectivity index (χ3n) is 3.89. The van der Waals surface area contributed by atoms with Gasteiger partial charge < -0.3 is 10.1 Å². The second-order valence-corrected chi connectivity index (χ2v) is 5.99. The second-order valence-electron chi connectivity index (χ2n) is 5.99. The third-order valence-corrected chi connectivity index (χ3v) is 3.89. The minimum Gasteiger partial charge on any atom is -0.452 e. The number of hydrogen-bond acceptors (Lipinski definition) is 4. The number of nitrogens with zero attached hydrogens (tertiary/aromatic N) is 1. The zero-order valence-corrected chi connectivity index (χ0v) is 14.9. The van der Waals surface area contributed by atoms with E-state index in [1.54, 1.807) is 36.5 Å². The molecule has 0 aliphatic rings. The zero-order chi connectivity index (χ0) is 20.9. The number of nitrogens with one attached hydrogen (secondary N) is 1. The summed E-state index contributed by atoms with van der Waals surface area (Å²) in [6.45, 7) is -0.539. The fourth-order valence-electron chi connectivity index (χ4n) is 2.57. The quantitative estimate of drug-likeness (QED) is 0.508. The Bertz CT molecular complexity index is 1070. The Morgan fingerprint density at radius 2 is 1.86 bits per heavy atom. The molecule has 1 heterocycles. The maximum Gasteiger partial charge on any atom is 0.416 e. The highest BCUT2D eigenvalue weighted by atomic mass is 19.4. The number of hydrogen-bond donors (Lipinski definition) is 1. The Morgan fingerprint density at radius 3 is 2.66 bits per heavy atom. The average Bonchev–Trinajstić information content (AvgIpc) is 2.70. The maximum atomic E-state index is 12.7. The molecule has 1 aromatic heterocycles. The number of carbonyl (C=O) groups excluding carboxylic acids is 2. The summed E-state index contributed by atoms with van der Waals surface area (Å²) in [5.74, 6) is -1.40. The molecule has 0 atom stereocenters. The largest absolute Gasteiger partial charge is 0.452 e. The Kier molecular flexibility index (Phi) is 5.92. The van der Waals surface area contributed by atoms with Crippen LogP contribution in [0.1, 0.15) is 11.1 Å². The summed E-state index contributed by atoms with van der Waals surface area (Å²) < 4.78 is 42.9. The number of pyridine rings is 1. The number of halogens is 3. The Balaban J connectivity index is 1.56. The SMILES string of the molecule is O=C(COC(=O)/C=C/c1cccc(C(F)(F)F)c1)Nc1cccc2ncccc12. The molecule has 0 unspecified atom stereocenters. The van der Waals surface area contributed by atoms with E-state index < -0.39 is 30.2 Å². The molecule has 1 N–H and O–H groups in total. The Morgan fingerprint density at radius 1 is 1.07 bits per heavy atom. The lowest BCUT2D eigenvalue weighted by Gasteiger charge is -2.08. The first-order valence-electron chi connectivity index (χ1n) is 8.48. The van der Waals surface area contributed by atoms with Crippen molar-refractivity contribution in [3.63, 3.8) is 0 Å². The lowest BCUT2D eigenvalue weighted by molar-refractivity contribution is -0.142. The van der Waals surface area contributed by atoms with Gasteiger partial charge in [0.2, 0.25) is 0 Å². The molecular formula is C21H15F3N2O3. The van der Waals surface area contributed by atoms with Crippen LogP contribution in [0.5, 0.6) is 0 Å². The van der Waals surface area contributed by atoms with Crippen LogP contribution < -0.4 is 5.32 Å². The van der Waals surface area contributed by atoms with Gasteiger partial charge in [-0.3, -0.25) is 9.78 Å². The predicted octanol–water partition coefficient (Wildman–Crippen LogP) is 4.45. The molecule has 5 nitrogen and oxygen atoms in total. The van der Waals surface area contributed by atoms with E-state index in [4.69, 9.17) is 4.74 Å². The molecule has 2 aromatic carbocycles. The molecule has 8 heteroatoms. The molecular weight excluding hydrogens is 385 g/mol. The fraction of sp³-hybridized carbons (Fsp3) is 0.0952. The standard InChI is InChI=1S/C21H15F3N2O3/c22-21(23,24)15-5-1-4-14(12-15)9-10-20(28)29-13-19(27)26-18-8-2-7-17-16(18)6-3-11-25-17/h1-12H,13H2,(H,26,27)/b10-9+. The van der Waals surface area contributed by atoms with Crippen molar-refractivity contribution in [3.8, 4) is 0 Å². The van der Waals surface area contributed by atoms with Crippen molar-refractivity contribution in [2.45, 2.75) is 6.18 Å². The number of aromatic nitrogens is 1. The molecule has 0 spiro atoms. The third kappa shape index (κ3) is 5.41. The molecule has 0 radical (unpaired) electrons. The van der Waals surface area contributed by atoms with Gasteiger partial charge in [0.25, 0.3) is 5.91 Å². The second kappa shape index (κ2) is 8.55. The van der Waals surface area contributed by atoms with Crippen molar-refractivity contribution in [2.75, 3.05) is 11.9 Å². The highest BCUT2D eigenvalue weighted by Gasteiger charge is 2.30. The topological polar surface area (TPSA) is 68.3 Å². The molecule has 0 aliphatic heterocycles. The van der Waals surface area contributed by atoms with Gasteiger partial charge in [0.15, 0.2) is 6.61 Å². The summed E-state index contributed by atoms with van der Waals surface area (Å²) in [5.41, 5.74) is 0.587. The van der Waals surface area contributed by atoms with E-state index >= 15 is 0 Å². The van der Waals surface area contributed by atoms with Gasteiger partial charge in [-0.05, 0) is 48.0 Å². The van der Waals surface area contributed by atoms with Crippen molar-refractivity contribution < 1.29 is 27.5 Å². The average molecular weight is 400 g/mol. The number of benzene rings is 2. The molecule has 3 aromatic rings. The first-order valence-corrected chi connectivity index (χ1v) is 8.48. The summed E-state index contributed by atoms with van der Waals surface area (Å²) in [6.07, 6.45) is -0.692. The highest BCUT2D eigenvalue weighted by molar-refractivity contribution is 6.02. The van der Waals surface area contributed by atoms with Crippen LogP contribution in [0, 0.1) is 0 Å². The summed E-state index contributed by atoms with van der Waals surface area (Å²) >= 11 is 0. The maximum absolute atomic E-state index is 12.7. The first kappa shape index (κ1) is 20.1. The van der Waals surface area contributed by atoms with E-state index in [9.17, 15) is 22.8 Å². The molecule has 0 aliphatic carbocycles. The van der Waals surface area contributed by atoms with Crippen LogP contribution in [0.4, 0.5) is 18.9 Å². The Hall–Kier alpha value is -3.68. The van der Waals surface area contributed by atoms with Gasteiger partial charge in [0.05, 0.1) is 16.8 Å². The van der Waals surface area contributed by atoms with Gasteiger partial charge in [-0.1, -0.05) is 18.2 Å². The van der Waals surface area contributed by atoms with Crippen LogP contribution >= 0.6 is 0 Å². The minimum absolute atomic E-state index is 0.185. The molecule has 0 saturated heterocycles. The minimum atomic E-state index is -4.47. The summed E-state index contributed by atoms with van der Waals surface area (Å²) in [5, 5.41) is 3.37. The van der Waals surface area contributed by atoms with Crippen molar-refractivity contribution in [1.29, 1.82) is 0 Å². The van der Waals surface area contributed by atoms with E-state index in [-0.39, 0.29) is 5.56 Å². The zero-order valence-electron chi connectivity index (χ0n) is 14.9. The number of amides is 1. The van der Waals surface area contributed by atoms with E-state index in [2.05, 4.69) is 10.3 Å². The molecule has 0 saturated carbocycles. The number of carbonyl (C=O) groups is 2. The van der Waals surface area contributed by atoms with E-state index in [0.29, 0.717) is 11.2 Å². The number of fused-ring (bicyclic) bond motifs is 1. The summed E-state index contributed by atoms with van der Waals surface area (Å²) in [6, 6.07) is 13.2. The van der Waals surface area contributed by atoms with Crippen molar-refractivity contribution in [1.82, 2.24) is 4.98 Å². The highest BCUT2D eigenvalue weighted by Crippen LogP contribution is 2.29. The first-order chi connectivity index (χ1) is 13.8. The van der Waals surface area contributed by atoms with Crippen molar-refractivity contribution in [3.05, 3.63) is 78.0 Å². The number of rotatable bonds is 5. The molecule has 29 heavy (non-hydrogen) atoms. The Labute approximate surface area is 163 Å². The lowest BCUT2D eigenvalue weighted by atomic mass is 10.1. The van der Waals surface area contributed by atoms with E-state index in [0.717, 1.165) is 23.6 Å². The van der Waals surface area contributed by atoms with Gasteiger partial charge in [-0.15, -0.1) is 0 Å². The van der Waals surface area contributed by atoms with Crippen LogP contribution in [0.25, 0.3) is 17.0 Å². The lowest BCUT2D eigenvalue weighted by Crippen LogP contribution is -2.20. The van der Waals surface area contributed by atoms with E-state index in [1.807, 2.05) is 0 Å². The van der Waals surface area contributed by atoms with Crippen LogP contribution in [0.2, 0.25) is 0 Å². The van der Waals surface area contributed by atoms with Crippen LogP contribution in [0.15, 0.2) is 66.9 Å². The number of alkyl halides is 3. The van der Waals surface area contributed by atoms with Crippen LogP contribution in [-0.2, 0) is 20.5 Å². The van der Waals surface area contributed by atoms with Gasteiger partial charge in [0.1, 0.15) is 0 Å². The molecule has 1 amide bonds. The number of anilines is 1. The van der Waals surface area contributed by atoms with Crippen LogP contribution in [-0.4, -0.2) is 23.5 Å². The molecule has 0 bridgehead atoms. The number of ether oxygens (including phenoxy) is 1. The molecule has 3 rings (SSSR count). The molecule has 0 fully saturated rings. The van der Waals surface area contributed by atoms with Crippen molar-refractivity contribution >= 4 is 34.5 Å². The summed E-state index contributed by atoms with van der Waals surface area (Å²) in [4.78, 5) is 28.0. The predicted molar refractivity (Wildman–Crippen MR) is 102 cm³/mol. The van der Waals surface area contributed by atoms with Crippen molar-refractivity contribution in [2.24, 2.45) is 0 Å². The molecule has 148 valence electrons. The summed E-state index contributed by atoms with van der Waals surface area (Å²) in [7, 11) is 0. The van der Waals surface area contributed by atoms with Gasteiger partial charge in [-0.25, -0.2) is 4.79 Å². The van der Waals surface area contributed by atoms with Gasteiger partial charge >= 0.3 is 12.1 Å². The van der Waals surface area contributed by atoms with Gasteiger partial charge in [0, 0.05) is 17.7 Å². The number of esters is 1. The normalized spacial score (nSPS) is 11.6. The van der Waals surface area contributed by atoms with E-state index in [1.165, 1.54) is 18.2 Å². The fourth-order valence-corrected chi connectivity index (χ4v) is 2.57.